The molecule has 2 fully saturated rings. The molecule has 0 saturated carbocycles. The van der Waals surface area contributed by atoms with Gasteiger partial charge in [-0.1, -0.05) is 15.9 Å². The van der Waals surface area contributed by atoms with Crippen LogP contribution < -0.4 is 5.32 Å². The van der Waals surface area contributed by atoms with Gasteiger partial charge in [0.05, 0.1) is 12.7 Å². The second-order valence-electron chi connectivity index (χ2n) is 7.02. The minimum Gasteiger partial charge on any atom is -0.379 e. The number of hydrogen-bond acceptors (Lipinski definition) is 4. The molecule has 0 spiro atoms. The van der Waals surface area contributed by atoms with Crippen molar-refractivity contribution in [3.63, 3.8) is 0 Å². The number of nitrogens with zero attached hydrogens (tertiary/aromatic N) is 1. The number of rotatable bonds is 8. The highest BCUT2D eigenvalue weighted by atomic mass is 79.9. The fourth-order valence-corrected chi connectivity index (χ4v) is 3.80. The van der Waals surface area contributed by atoms with E-state index in [-0.39, 0.29) is 24.0 Å². The quantitative estimate of drug-likeness (QED) is 0.633. The maximum absolute atomic E-state index is 12.7. The molecule has 2 heterocycles. The molecule has 1 aromatic carbocycles. The molecular formula is C20H27BrN2O4. The minimum absolute atomic E-state index is 0.0721. The SMILES string of the molecule is O=C(NCCCOCC1CCCO1)C1CCCN1C(=O)c1ccc(Br)cc1. The van der Waals surface area contributed by atoms with Crippen molar-refractivity contribution in [3.8, 4) is 0 Å². The standard InChI is InChI=1S/C20H27BrN2O4/c21-16-8-6-15(7-9-16)20(25)23-11-1-5-18(23)19(24)22-10-3-12-26-14-17-4-2-13-27-17/h6-9,17-18H,1-5,10-14H2,(H,22,24). The van der Waals surface area contributed by atoms with Gasteiger partial charge in [0.1, 0.15) is 6.04 Å². The molecule has 3 rings (SSSR count). The molecule has 148 valence electrons. The lowest BCUT2D eigenvalue weighted by Gasteiger charge is -2.24. The molecule has 0 aromatic heterocycles. The lowest BCUT2D eigenvalue weighted by atomic mass is 10.1. The first-order valence-electron chi connectivity index (χ1n) is 9.69. The summed E-state index contributed by atoms with van der Waals surface area (Å²) < 4.78 is 12.0. The first-order chi connectivity index (χ1) is 13.1. The number of halogens is 1. The van der Waals surface area contributed by atoms with Gasteiger partial charge in [0.15, 0.2) is 0 Å². The number of carbonyl (C=O) groups excluding carboxylic acids is 2. The predicted octanol–water partition coefficient (Wildman–Crippen LogP) is 2.76. The number of ether oxygens (including phenoxy) is 2. The Morgan fingerprint density at radius 2 is 2.04 bits per heavy atom. The van der Waals surface area contributed by atoms with Gasteiger partial charge in [-0.2, -0.15) is 0 Å². The van der Waals surface area contributed by atoms with Crippen LogP contribution in [0.15, 0.2) is 28.7 Å². The van der Waals surface area contributed by atoms with Crippen molar-refractivity contribution in [2.24, 2.45) is 0 Å². The number of carbonyl (C=O) groups is 2. The highest BCUT2D eigenvalue weighted by Crippen LogP contribution is 2.21. The summed E-state index contributed by atoms with van der Waals surface area (Å²) in [4.78, 5) is 26.9. The molecule has 6 nitrogen and oxygen atoms in total. The Morgan fingerprint density at radius 1 is 1.22 bits per heavy atom. The van der Waals surface area contributed by atoms with E-state index in [0.717, 1.165) is 36.8 Å². The summed E-state index contributed by atoms with van der Waals surface area (Å²) in [5.41, 5.74) is 0.612. The van der Waals surface area contributed by atoms with E-state index in [9.17, 15) is 9.59 Å². The zero-order valence-corrected chi connectivity index (χ0v) is 17.1. The molecule has 27 heavy (non-hydrogen) atoms. The summed E-state index contributed by atoms with van der Waals surface area (Å²) in [5.74, 6) is -0.155. The van der Waals surface area contributed by atoms with Gasteiger partial charge in [-0.25, -0.2) is 0 Å². The molecule has 2 amide bonds. The van der Waals surface area contributed by atoms with Gasteiger partial charge in [0.2, 0.25) is 5.91 Å². The zero-order chi connectivity index (χ0) is 19.1. The molecule has 0 bridgehead atoms. The van der Waals surface area contributed by atoms with Crippen LogP contribution in [-0.4, -0.2) is 61.8 Å². The van der Waals surface area contributed by atoms with Gasteiger partial charge in [-0.3, -0.25) is 9.59 Å². The van der Waals surface area contributed by atoms with Crippen LogP contribution in [0.1, 0.15) is 42.5 Å². The van der Waals surface area contributed by atoms with E-state index >= 15 is 0 Å². The van der Waals surface area contributed by atoms with Crippen molar-refractivity contribution in [2.45, 2.75) is 44.2 Å². The van der Waals surface area contributed by atoms with E-state index in [1.807, 2.05) is 12.1 Å². The second-order valence-corrected chi connectivity index (χ2v) is 7.93. The van der Waals surface area contributed by atoms with E-state index < -0.39 is 0 Å². The third-order valence-electron chi connectivity index (χ3n) is 5.00. The van der Waals surface area contributed by atoms with Gasteiger partial charge in [0.25, 0.3) is 5.91 Å². The normalized spacial score (nSPS) is 22.2. The van der Waals surface area contributed by atoms with Crippen molar-refractivity contribution in [1.82, 2.24) is 10.2 Å². The lowest BCUT2D eigenvalue weighted by molar-refractivity contribution is -0.124. The molecule has 0 aliphatic carbocycles. The van der Waals surface area contributed by atoms with E-state index in [2.05, 4.69) is 21.2 Å². The third kappa shape index (κ3) is 5.77. The summed E-state index contributed by atoms with van der Waals surface area (Å²) >= 11 is 3.37. The largest absolute Gasteiger partial charge is 0.379 e. The van der Waals surface area contributed by atoms with Crippen molar-refractivity contribution < 1.29 is 19.1 Å². The summed E-state index contributed by atoms with van der Waals surface area (Å²) in [7, 11) is 0. The molecule has 7 heteroatoms. The molecule has 1 aromatic rings. The van der Waals surface area contributed by atoms with E-state index in [1.165, 1.54) is 0 Å². The smallest absolute Gasteiger partial charge is 0.254 e. The van der Waals surface area contributed by atoms with Crippen LogP contribution in [0.3, 0.4) is 0 Å². The summed E-state index contributed by atoms with van der Waals surface area (Å²) in [5, 5.41) is 2.95. The van der Waals surface area contributed by atoms with Crippen LogP contribution in [0.25, 0.3) is 0 Å². The number of hydrogen-bond donors (Lipinski definition) is 1. The van der Waals surface area contributed by atoms with Crippen molar-refractivity contribution in [3.05, 3.63) is 34.3 Å². The van der Waals surface area contributed by atoms with E-state index in [4.69, 9.17) is 9.47 Å². The first-order valence-corrected chi connectivity index (χ1v) is 10.5. The van der Waals surface area contributed by atoms with Gasteiger partial charge in [-0.05, 0) is 56.4 Å². The van der Waals surface area contributed by atoms with Crippen molar-refractivity contribution >= 4 is 27.7 Å². The van der Waals surface area contributed by atoms with Crippen LogP contribution in [0.4, 0.5) is 0 Å². The maximum Gasteiger partial charge on any atom is 0.254 e. The highest BCUT2D eigenvalue weighted by molar-refractivity contribution is 9.10. The molecule has 2 atom stereocenters. The molecule has 2 saturated heterocycles. The van der Waals surface area contributed by atoms with Crippen LogP contribution in [-0.2, 0) is 14.3 Å². The van der Waals surface area contributed by atoms with Gasteiger partial charge >= 0.3 is 0 Å². The van der Waals surface area contributed by atoms with Crippen LogP contribution in [0, 0.1) is 0 Å². The fourth-order valence-electron chi connectivity index (χ4n) is 3.53. The Labute approximate surface area is 168 Å². The zero-order valence-electron chi connectivity index (χ0n) is 15.5. The molecule has 2 unspecified atom stereocenters. The number of benzene rings is 1. The van der Waals surface area contributed by atoms with Crippen molar-refractivity contribution in [2.75, 3.05) is 32.9 Å². The van der Waals surface area contributed by atoms with E-state index in [0.29, 0.717) is 38.3 Å². The Hall–Kier alpha value is -1.44. The topological polar surface area (TPSA) is 67.9 Å². The van der Waals surface area contributed by atoms with E-state index in [1.54, 1.807) is 17.0 Å². The van der Waals surface area contributed by atoms with Crippen LogP contribution >= 0.6 is 15.9 Å². The van der Waals surface area contributed by atoms with Crippen LogP contribution in [0.2, 0.25) is 0 Å². The highest BCUT2D eigenvalue weighted by Gasteiger charge is 2.34. The lowest BCUT2D eigenvalue weighted by Crippen LogP contribution is -2.46. The Kier molecular flexibility index (Phi) is 7.67. The fraction of sp³-hybridized carbons (Fsp3) is 0.600. The molecule has 0 radical (unpaired) electrons. The molecule has 1 N–H and O–H groups in total. The van der Waals surface area contributed by atoms with Gasteiger partial charge < -0.3 is 19.7 Å². The second kappa shape index (κ2) is 10.2. The summed E-state index contributed by atoms with van der Waals surface area (Å²) in [6.07, 6.45) is 4.73. The molecule has 2 aliphatic heterocycles. The monoisotopic (exact) mass is 438 g/mol. The summed E-state index contributed by atoms with van der Waals surface area (Å²) in [6.45, 7) is 3.25. The molecular weight excluding hydrogens is 412 g/mol. The minimum atomic E-state index is -0.381. The Bertz CT molecular complexity index is 631. The Morgan fingerprint density at radius 3 is 2.78 bits per heavy atom. The van der Waals surface area contributed by atoms with Crippen LogP contribution in [0.5, 0.6) is 0 Å². The predicted molar refractivity (Wildman–Crippen MR) is 106 cm³/mol. The average molecular weight is 439 g/mol. The third-order valence-corrected chi connectivity index (χ3v) is 5.53. The first kappa shape index (κ1) is 20.3. The summed E-state index contributed by atoms with van der Waals surface area (Å²) in [6, 6.07) is 6.87. The number of likely N-dealkylation sites (tertiary alicyclic amines) is 1. The van der Waals surface area contributed by atoms with Crippen molar-refractivity contribution in [1.29, 1.82) is 0 Å². The number of amides is 2. The number of nitrogens with one attached hydrogen (secondary N) is 1. The molecule has 2 aliphatic rings. The Balaban J connectivity index is 1.39. The van der Waals surface area contributed by atoms with Gasteiger partial charge in [-0.15, -0.1) is 0 Å². The maximum atomic E-state index is 12.7. The van der Waals surface area contributed by atoms with Gasteiger partial charge in [0, 0.05) is 36.3 Å². The average Bonchev–Trinajstić information content (AvgIpc) is 3.36.